The lowest BCUT2D eigenvalue weighted by molar-refractivity contribution is 0.0679. The number of benzene rings is 3. The highest BCUT2D eigenvalue weighted by molar-refractivity contribution is 6.05. The number of carbonyl (C=O) groups excluding carboxylic acids is 2. The minimum atomic E-state index is -0.228. The van der Waals surface area contributed by atoms with Crippen LogP contribution in [-0.2, 0) is 9.47 Å². The second kappa shape index (κ2) is 12.6. The summed E-state index contributed by atoms with van der Waals surface area (Å²) in [6.07, 6.45) is 4.47. The van der Waals surface area contributed by atoms with E-state index in [4.69, 9.17) is 18.9 Å². The van der Waals surface area contributed by atoms with Crippen LogP contribution in [-0.4, -0.2) is 50.4 Å². The van der Waals surface area contributed by atoms with Crippen molar-refractivity contribution >= 4 is 23.2 Å². The van der Waals surface area contributed by atoms with Crippen molar-refractivity contribution in [2.45, 2.75) is 37.9 Å². The molecule has 8 nitrogen and oxygen atoms in total. The Labute approximate surface area is 222 Å². The minimum absolute atomic E-state index is 0.146. The van der Waals surface area contributed by atoms with Gasteiger partial charge in [0.25, 0.3) is 11.8 Å². The fraction of sp³-hybridized carbons (Fsp3) is 0.333. The van der Waals surface area contributed by atoms with E-state index in [1.807, 2.05) is 0 Å². The molecule has 0 aromatic heterocycles. The lowest BCUT2D eigenvalue weighted by Crippen LogP contribution is -2.16. The summed E-state index contributed by atoms with van der Waals surface area (Å²) >= 11 is 0. The van der Waals surface area contributed by atoms with Gasteiger partial charge in [-0.15, -0.1) is 0 Å². The molecule has 0 bridgehead atoms. The van der Waals surface area contributed by atoms with Crippen LogP contribution in [0.4, 0.5) is 11.4 Å². The van der Waals surface area contributed by atoms with Gasteiger partial charge in [0.1, 0.15) is 24.7 Å². The quantitative estimate of drug-likeness (QED) is 0.379. The van der Waals surface area contributed by atoms with Gasteiger partial charge >= 0.3 is 0 Å². The normalized spacial score (nSPS) is 18.6. The number of hydrogen-bond acceptors (Lipinski definition) is 6. The van der Waals surface area contributed by atoms with Gasteiger partial charge in [0.15, 0.2) is 0 Å². The number of rotatable bonds is 10. The molecule has 2 amide bonds. The van der Waals surface area contributed by atoms with E-state index in [1.165, 1.54) is 0 Å². The van der Waals surface area contributed by atoms with E-state index in [2.05, 4.69) is 10.6 Å². The van der Waals surface area contributed by atoms with Crippen LogP contribution < -0.4 is 20.1 Å². The molecule has 2 aliphatic rings. The number of carbonyl (C=O) groups is 2. The predicted molar refractivity (Wildman–Crippen MR) is 144 cm³/mol. The van der Waals surface area contributed by atoms with Crippen LogP contribution in [0.2, 0.25) is 0 Å². The number of ether oxygens (including phenoxy) is 4. The summed E-state index contributed by atoms with van der Waals surface area (Å²) in [7, 11) is 0. The Morgan fingerprint density at radius 2 is 1.03 bits per heavy atom. The lowest BCUT2D eigenvalue weighted by Gasteiger charge is -2.12. The average Bonchev–Trinajstić information content (AvgIpc) is 3.67. The highest BCUT2D eigenvalue weighted by Crippen LogP contribution is 2.20. The van der Waals surface area contributed by atoms with Crippen LogP contribution in [0, 0.1) is 0 Å². The smallest absolute Gasteiger partial charge is 0.255 e. The Bertz CT molecular complexity index is 1100. The molecule has 3 aromatic rings. The van der Waals surface area contributed by atoms with Crippen molar-refractivity contribution in [2.75, 3.05) is 37.1 Å². The van der Waals surface area contributed by atoms with Crippen LogP contribution in [0.5, 0.6) is 11.5 Å². The van der Waals surface area contributed by atoms with E-state index < -0.39 is 0 Å². The predicted octanol–water partition coefficient (Wildman–Crippen LogP) is 5.31. The lowest BCUT2D eigenvalue weighted by atomic mass is 10.2. The second-order valence-corrected chi connectivity index (χ2v) is 9.43. The first kappa shape index (κ1) is 25.8. The van der Waals surface area contributed by atoms with Crippen molar-refractivity contribution in [3.05, 3.63) is 83.9 Å². The number of anilines is 2. The first-order valence-electron chi connectivity index (χ1n) is 13.0. The summed E-state index contributed by atoms with van der Waals surface area (Å²) in [5.41, 5.74) is 2.30. The third kappa shape index (κ3) is 7.12. The summed E-state index contributed by atoms with van der Waals surface area (Å²) in [5, 5.41) is 5.74. The van der Waals surface area contributed by atoms with E-state index in [0.29, 0.717) is 47.2 Å². The van der Waals surface area contributed by atoms with Gasteiger partial charge in [0, 0.05) is 35.7 Å². The molecule has 2 saturated heterocycles. The van der Waals surface area contributed by atoms with Crippen molar-refractivity contribution in [1.29, 1.82) is 0 Å². The van der Waals surface area contributed by atoms with Gasteiger partial charge in [-0.25, -0.2) is 0 Å². The van der Waals surface area contributed by atoms with Gasteiger partial charge in [-0.05, 0) is 98.5 Å². The van der Waals surface area contributed by atoms with Crippen molar-refractivity contribution < 1.29 is 28.5 Å². The molecule has 0 radical (unpaired) electrons. The fourth-order valence-electron chi connectivity index (χ4n) is 4.38. The molecule has 2 heterocycles. The van der Waals surface area contributed by atoms with Crippen LogP contribution in [0.3, 0.4) is 0 Å². The van der Waals surface area contributed by atoms with Gasteiger partial charge in [-0.3, -0.25) is 9.59 Å². The Kier molecular flexibility index (Phi) is 8.53. The Morgan fingerprint density at radius 3 is 1.37 bits per heavy atom. The van der Waals surface area contributed by atoms with Gasteiger partial charge in [0.05, 0.1) is 12.2 Å². The number of hydrogen-bond donors (Lipinski definition) is 2. The van der Waals surface area contributed by atoms with E-state index in [-0.39, 0.29) is 24.0 Å². The van der Waals surface area contributed by atoms with Crippen molar-refractivity contribution in [2.24, 2.45) is 0 Å². The molecule has 8 heteroatoms. The van der Waals surface area contributed by atoms with Gasteiger partial charge in [0.2, 0.25) is 0 Å². The van der Waals surface area contributed by atoms with Crippen molar-refractivity contribution in [3.63, 3.8) is 0 Å². The maximum Gasteiger partial charge on any atom is 0.255 e. The molecule has 2 fully saturated rings. The molecule has 2 unspecified atom stereocenters. The van der Waals surface area contributed by atoms with E-state index in [1.54, 1.807) is 72.8 Å². The maximum absolute atomic E-state index is 12.6. The molecule has 3 aromatic carbocycles. The standard InChI is InChI=1S/C30H32N2O6/c33-29(21-5-13-25(14-6-21)37-19-27-3-1-17-35-27)31-23-9-11-24(12-10-23)32-30(34)22-7-15-26(16-8-22)38-20-28-4-2-18-36-28/h5-16,27-28H,1-4,17-20H2,(H,31,33)(H,32,34). The third-order valence-corrected chi connectivity index (χ3v) is 6.55. The third-order valence-electron chi connectivity index (χ3n) is 6.55. The topological polar surface area (TPSA) is 95.1 Å². The zero-order valence-corrected chi connectivity index (χ0v) is 21.2. The van der Waals surface area contributed by atoms with E-state index >= 15 is 0 Å². The largest absolute Gasteiger partial charge is 0.491 e. The molecule has 0 aliphatic carbocycles. The van der Waals surface area contributed by atoms with Crippen LogP contribution in [0.25, 0.3) is 0 Å². The summed E-state index contributed by atoms with van der Waals surface area (Å²) in [6, 6.07) is 21.0. The van der Waals surface area contributed by atoms with Crippen LogP contribution in [0.15, 0.2) is 72.8 Å². The monoisotopic (exact) mass is 516 g/mol. The highest BCUT2D eigenvalue weighted by Gasteiger charge is 2.17. The molecule has 5 rings (SSSR count). The highest BCUT2D eigenvalue weighted by atomic mass is 16.5. The summed E-state index contributed by atoms with van der Waals surface area (Å²) in [4.78, 5) is 25.3. The SMILES string of the molecule is O=C(Nc1ccc(NC(=O)c2ccc(OCC3CCCO3)cc2)cc1)c1ccc(OCC2CCCO2)cc1. The molecule has 2 atom stereocenters. The first-order chi connectivity index (χ1) is 18.6. The molecule has 198 valence electrons. The molecule has 38 heavy (non-hydrogen) atoms. The summed E-state index contributed by atoms with van der Waals surface area (Å²) in [6.45, 7) is 2.62. The van der Waals surface area contributed by atoms with Crippen molar-refractivity contribution in [3.8, 4) is 11.5 Å². The zero-order chi connectivity index (χ0) is 26.2. The number of amides is 2. The van der Waals surface area contributed by atoms with Crippen LogP contribution >= 0.6 is 0 Å². The van der Waals surface area contributed by atoms with Crippen LogP contribution in [0.1, 0.15) is 46.4 Å². The molecular formula is C30H32N2O6. The van der Waals surface area contributed by atoms with Crippen molar-refractivity contribution in [1.82, 2.24) is 0 Å². The van der Waals surface area contributed by atoms with Gasteiger partial charge < -0.3 is 29.6 Å². The zero-order valence-electron chi connectivity index (χ0n) is 21.2. The van der Waals surface area contributed by atoms with Gasteiger partial charge in [-0.1, -0.05) is 0 Å². The Morgan fingerprint density at radius 1 is 0.632 bits per heavy atom. The molecule has 0 spiro atoms. The summed E-state index contributed by atoms with van der Waals surface area (Å²) < 4.78 is 22.6. The maximum atomic E-state index is 12.6. The van der Waals surface area contributed by atoms with E-state index in [9.17, 15) is 9.59 Å². The van der Waals surface area contributed by atoms with E-state index in [0.717, 1.165) is 38.9 Å². The Balaban J connectivity index is 1.08. The number of nitrogens with one attached hydrogen (secondary N) is 2. The first-order valence-corrected chi connectivity index (χ1v) is 13.0. The second-order valence-electron chi connectivity index (χ2n) is 9.43. The molecule has 2 aliphatic heterocycles. The minimum Gasteiger partial charge on any atom is -0.491 e. The summed E-state index contributed by atoms with van der Waals surface area (Å²) in [5.74, 6) is 0.958. The average molecular weight is 517 g/mol. The Hall–Kier alpha value is -3.88. The molecule has 2 N–H and O–H groups in total. The fourth-order valence-corrected chi connectivity index (χ4v) is 4.38. The molecule has 0 saturated carbocycles. The van der Waals surface area contributed by atoms with Gasteiger partial charge in [-0.2, -0.15) is 0 Å². The molecular weight excluding hydrogens is 484 g/mol.